The Kier molecular flexibility index (Phi) is 5.40. The summed E-state index contributed by atoms with van der Waals surface area (Å²) in [4.78, 5) is 12.3. The SMILES string of the molecule is COCC(NC(=O)C1(C)CCNCC1)C(C)C. The molecule has 1 aliphatic rings. The van der Waals surface area contributed by atoms with E-state index in [9.17, 15) is 4.79 Å². The lowest BCUT2D eigenvalue weighted by molar-refractivity contribution is -0.133. The highest BCUT2D eigenvalue weighted by Crippen LogP contribution is 2.28. The topological polar surface area (TPSA) is 50.4 Å². The van der Waals surface area contributed by atoms with E-state index in [-0.39, 0.29) is 17.4 Å². The van der Waals surface area contributed by atoms with E-state index in [0.717, 1.165) is 25.9 Å². The van der Waals surface area contributed by atoms with Gasteiger partial charge in [-0.05, 0) is 31.8 Å². The number of ether oxygens (including phenoxy) is 1. The van der Waals surface area contributed by atoms with Crippen molar-refractivity contribution in [2.24, 2.45) is 11.3 Å². The van der Waals surface area contributed by atoms with Crippen molar-refractivity contribution in [2.75, 3.05) is 26.8 Å². The zero-order valence-corrected chi connectivity index (χ0v) is 11.5. The predicted molar refractivity (Wildman–Crippen MR) is 68.9 cm³/mol. The van der Waals surface area contributed by atoms with Crippen molar-refractivity contribution in [3.8, 4) is 0 Å². The minimum atomic E-state index is -0.216. The fourth-order valence-corrected chi connectivity index (χ4v) is 2.13. The van der Waals surface area contributed by atoms with Crippen LogP contribution in [0.5, 0.6) is 0 Å². The molecule has 0 saturated carbocycles. The third-order valence-corrected chi connectivity index (χ3v) is 3.72. The normalized spacial score (nSPS) is 21.2. The fraction of sp³-hybridized carbons (Fsp3) is 0.923. The first-order valence-electron chi connectivity index (χ1n) is 6.50. The van der Waals surface area contributed by atoms with Crippen molar-refractivity contribution in [1.29, 1.82) is 0 Å². The number of carbonyl (C=O) groups excluding carboxylic acids is 1. The summed E-state index contributed by atoms with van der Waals surface area (Å²) in [5, 5.41) is 6.43. The van der Waals surface area contributed by atoms with Gasteiger partial charge in [-0.15, -0.1) is 0 Å². The van der Waals surface area contributed by atoms with Crippen LogP contribution in [0, 0.1) is 11.3 Å². The molecule has 4 nitrogen and oxygen atoms in total. The Labute approximate surface area is 104 Å². The van der Waals surface area contributed by atoms with Crippen LogP contribution >= 0.6 is 0 Å². The molecule has 0 radical (unpaired) electrons. The van der Waals surface area contributed by atoms with Gasteiger partial charge in [-0.1, -0.05) is 20.8 Å². The first-order valence-corrected chi connectivity index (χ1v) is 6.50. The van der Waals surface area contributed by atoms with Crippen LogP contribution in [0.3, 0.4) is 0 Å². The molecule has 1 fully saturated rings. The zero-order chi connectivity index (χ0) is 12.9. The van der Waals surface area contributed by atoms with Crippen LogP contribution in [0.2, 0.25) is 0 Å². The Morgan fingerprint density at radius 1 is 1.41 bits per heavy atom. The van der Waals surface area contributed by atoms with Crippen LogP contribution in [0.4, 0.5) is 0 Å². The highest BCUT2D eigenvalue weighted by atomic mass is 16.5. The van der Waals surface area contributed by atoms with Crippen molar-refractivity contribution in [3.63, 3.8) is 0 Å². The summed E-state index contributed by atoms with van der Waals surface area (Å²) < 4.78 is 5.16. The van der Waals surface area contributed by atoms with E-state index in [4.69, 9.17) is 4.74 Å². The maximum atomic E-state index is 12.3. The summed E-state index contributed by atoms with van der Waals surface area (Å²) in [6, 6.07) is 0.110. The molecule has 100 valence electrons. The second-order valence-electron chi connectivity index (χ2n) is 5.59. The van der Waals surface area contributed by atoms with Gasteiger partial charge in [-0.3, -0.25) is 4.79 Å². The molecule has 17 heavy (non-hydrogen) atoms. The van der Waals surface area contributed by atoms with Crippen LogP contribution in [0.15, 0.2) is 0 Å². The molecule has 0 aliphatic carbocycles. The number of piperidine rings is 1. The van der Waals surface area contributed by atoms with E-state index >= 15 is 0 Å². The molecule has 0 aromatic rings. The van der Waals surface area contributed by atoms with Gasteiger partial charge in [0.05, 0.1) is 12.6 Å². The summed E-state index contributed by atoms with van der Waals surface area (Å²) in [5.74, 6) is 0.568. The van der Waals surface area contributed by atoms with Crippen molar-refractivity contribution in [3.05, 3.63) is 0 Å². The Hall–Kier alpha value is -0.610. The Morgan fingerprint density at radius 2 is 2.00 bits per heavy atom. The number of nitrogens with one attached hydrogen (secondary N) is 2. The second-order valence-corrected chi connectivity index (χ2v) is 5.59. The zero-order valence-electron chi connectivity index (χ0n) is 11.5. The van der Waals surface area contributed by atoms with Gasteiger partial charge in [-0.25, -0.2) is 0 Å². The molecule has 2 N–H and O–H groups in total. The largest absolute Gasteiger partial charge is 0.383 e. The summed E-state index contributed by atoms with van der Waals surface area (Å²) in [6.07, 6.45) is 1.83. The average molecular weight is 242 g/mol. The van der Waals surface area contributed by atoms with Gasteiger partial charge in [0.1, 0.15) is 0 Å². The highest BCUT2D eigenvalue weighted by Gasteiger charge is 2.35. The molecule has 0 bridgehead atoms. The summed E-state index contributed by atoms with van der Waals surface area (Å²) in [5.41, 5.74) is -0.216. The quantitative estimate of drug-likeness (QED) is 0.761. The van der Waals surface area contributed by atoms with E-state index in [1.54, 1.807) is 7.11 Å². The van der Waals surface area contributed by atoms with Gasteiger partial charge in [-0.2, -0.15) is 0 Å². The maximum Gasteiger partial charge on any atom is 0.226 e. The lowest BCUT2D eigenvalue weighted by Crippen LogP contribution is -2.51. The van der Waals surface area contributed by atoms with Crippen molar-refractivity contribution >= 4 is 5.91 Å². The molecule has 1 saturated heterocycles. The smallest absolute Gasteiger partial charge is 0.226 e. The molecule has 1 atom stereocenters. The first-order chi connectivity index (χ1) is 7.99. The third-order valence-electron chi connectivity index (χ3n) is 3.72. The number of hydrogen-bond acceptors (Lipinski definition) is 3. The Morgan fingerprint density at radius 3 is 2.47 bits per heavy atom. The fourth-order valence-electron chi connectivity index (χ4n) is 2.13. The third kappa shape index (κ3) is 3.96. The molecule has 0 spiro atoms. The minimum absolute atomic E-state index is 0.110. The Bertz CT molecular complexity index is 248. The average Bonchev–Trinajstić information content (AvgIpc) is 2.29. The summed E-state index contributed by atoms with van der Waals surface area (Å²) in [7, 11) is 1.67. The van der Waals surface area contributed by atoms with Crippen LogP contribution in [0.1, 0.15) is 33.6 Å². The van der Waals surface area contributed by atoms with Crippen LogP contribution < -0.4 is 10.6 Å². The maximum absolute atomic E-state index is 12.3. The van der Waals surface area contributed by atoms with Gasteiger partial charge >= 0.3 is 0 Å². The van der Waals surface area contributed by atoms with Crippen LogP contribution in [-0.4, -0.2) is 38.8 Å². The molecule has 1 aliphatic heterocycles. The molecular weight excluding hydrogens is 216 g/mol. The molecule has 1 heterocycles. The van der Waals surface area contributed by atoms with Crippen LogP contribution in [0.25, 0.3) is 0 Å². The predicted octanol–water partition coefficient (Wildman–Crippen LogP) is 1.16. The lowest BCUT2D eigenvalue weighted by Gasteiger charge is -2.34. The first kappa shape index (κ1) is 14.5. The number of methoxy groups -OCH3 is 1. The molecule has 0 aromatic carbocycles. The second kappa shape index (κ2) is 6.36. The molecule has 1 amide bonds. The van der Waals surface area contributed by atoms with E-state index in [1.807, 2.05) is 0 Å². The van der Waals surface area contributed by atoms with E-state index in [2.05, 4.69) is 31.4 Å². The Balaban J connectivity index is 2.56. The molecule has 0 aromatic heterocycles. The monoisotopic (exact) mass is 242 g/mol. The standard InChI is InChI=1S/C13H26N2O2/c1-10(2)11(9-17-4)15-12(16)13(3)5-7-14-8-6-13/h10-11,14H,5-9H2,1-4H3,(H,15,16). The van der Waals surface area contributed by atoms with Crippen LogP contribution in [-0.2, 0) is 9.53 Å². The lowest BCUT2D eigenvalue weighted by atomic mass is 9.80. The number of amides is 1. The minimum Gasteiger partial charge on any atom is -0.383 e. The molecule has 1 rings (SSSR count). The molecule has 1 unspecified atom stereocenters. The molecule has 4 heteroatoms. The van der Waals surface area contributed by atoms with Gasteiger partial charge < -0.3 is 15.4 Å². The van der Waals surface area contributed by atoms with Crippen molar-refractivity contribution in [1.82, 2.24) is 10.6 Å². The van der Waals surface area contributed by atoms with Gasteiger partial charge in [0.2, 0.25) is 5.91 Å². The number of hydrogen-bond donors (Lipinski definition) is 2. The molecular formula is C13H26N2O2. The van der Waals surface area contributed by atoms with Gasteiger partial charge in [0.25, 0.3) is 0 Å². The number of carbonyl (C=O) groups is 1. The number of rotatable bonds is 5. The summed E-state index contributed by atoms with van der Waals surface area (Å²) >= 11 is 0. The van der Waals surface area contributed by atoms with Gasteiger partial charge in [0.15, 0.2) is 0 Å². The van der Waals surface area contributed by atoms with Crippen molar-refractivity contribution < 1.29 is 9.53 Å². The van der Waals surface area contributed by atoms with Gasteiger partial charge in [0, 0.05) is 12.5 Å². The van der Waals surface area contributed by atoms with E-state index < -0.39 is 0 Å². The highest BCUT2D eigenvalue weighted by molar-refractivity contribution is 5.82. The van der Waals surface area contributed by atoms with E-state index in [0.29, 0.717) is 12.5 Å². The summed E-state index contributed by atoms with van der Waals surface area (Å²) in [6.45, 7) is 8.72. The van der Waals surface area contributed by atoms with Crippen molar-refractivity contribution in [2.45, 2.75) is 39.7 Å². The van der Waals surface area contributed by atoms with E-state index in [1.165, 1.54) is 0 Å².